The maximum absolute atomic E-state index is 12.9. The van der Waals surface area contributed by atoms with Crippen molar-refractivity contribution < 1.29 is 14.3 Å². The van der Waals surface area contributed by atoms with Gasteiger partial charge in [0.2, 0.25) is 5.78 Å². The molecule has 0 N–H and O–H groups in total. The highest BCUT2D eigenvalue weighted by Gasteiger charge is 2.33. The van der Waals surface area contributed by atoms with Gasteiger partial charge in [0.05, 0.1) is 5.56 Å². The molecule has 28 heavy (non-hydrogen) atoms. The predicted octanol–water partition coefficient (Wildman–Crippen LogP) is 5.02. The predicted molar refractivity (Wildman–Crippen MR) is 110 cm³/mol. The number of ketones is 1. The molecule has 1 aromatic heterocycles. The maximum Gasteiger partial charge on any atom is 0.232 e. The van der Waals surface area contributed by atoms with Gasteiger partial charge in [-0.3, -0.25) is 9.69 Å². The van der Waals surface area contributed by atoms with Crippen molar-refractivity contribution in [1.29, 1.82) is 0 Å². The molecule has 3 heterocycles. The molecular weight excluding hydrogens is 370 g/mol. The monoisotopic (exact) mass is 389 g/mol. The van der Waals surface area contributed by atoms with E-state index in [1.54, 1.807) is 11.3 Å². The molecular formula is C23H19NO3S. The van der Waals surface area contributed by atoms with E-state index in [0.29, 0.717) is 23.8 Å². The van der Waals surface area contributed by atoms with E-state index < -0.39 is 0 Å². The molecule has 5 heteroatoms. The Morgan fingerprint density at radius 2 is 2.00 bits per heavy atom. The van der Waals surface area contributed by atoms with Crippen molar-refractivity contribution in [3.8, 4) is 11.5 Å². The highest BCUT2D eigenvalue weighted by Crippen LogP contribution is 2.43. The quantitative estimate of drug-likeness (QED) is 0.589. The Balaban J connectivity index is 1.44. The topological polar surface area (TPSA) is 38.8 Å². The summed E-state index contributed by atoms with van der Waals surface area (Å²) in [5, 5.41) is 1.98. The lowest BCUT2D eigenvalue weighted by Gasteiger charge is -2.30. The van der Waals surface area contributed by atoms with Crippen molar-refractivity contribution in [2.75, 3.05) is 6.73 Å². The molecule has 0 atom stereocenters. The van der Waals surface area contributed by atoms with Gasteiger partial charge in [0.1, 0.15) is 18.2 Å². The SMILES string of the molecule is Cc1c2c(cc3c1O/C(=C\c1cccs1)C3=O)CN(Cc1ccccc1)CO2. The zero-order chi connectivity index (χ0) is 19.1. The van der Waals surface area contributed by atoms with E-state index in [1.807, 2.05) is 54.8 Å². The second-order valence-corrected chi connectivity index (χ2v) is 8.05. The summed E-state index contributed by atoms with van der Waals surface area (Å²) in [6.07, 6.45) is 1.81. The molecule has 0 fully saturated rings. The molecule has 0 bridgehead atoms. The molecule has 3 aromatic rings. The smallest absolute Gasteiger partial charge is 0.232 e. The number of allylic oxidation sites excluding steroid dienone is 1. The summed E-state index contributed by atoms with van der Waals surface area (Å²) in [4.78, 5) is 16.1. The number of carbonyl (C=O) groups excluding carboxylic acids is 1. The van der Waals surface area contributed by atoms with Gasteiger partial charge >= 0.3 is 0 Å². The standard InChI is InChI=1S/C23H19NO3S/c1-15-22-17(13-24(14-26-22)12-16-6-3-2-4-7-16)10-19-21(25)20(27-23(15)19)11-18-8-5-9-28-18/h2-11H,12-14H2,1H3/b20-11-. The number of hydrogen-bond acceptors (Lipinski definition) is 5. The van der Waals surface area contributed by atoms with E-state index in [0.717, 1.165) is 34.8 Å². The average Bonchev–Trinajstić information content (AvgIpc) is 3.32. The van der Waals surface area contributed by atoms with E-state index in [4.69, 9.17) is 9.47 Å². The van der Waals surface area contributed by atoms with E-state index in [9.17, 15) is 4.79 Å². The molecule has 0 amide bonds. The Bertz CT molecular complexity index is 1070. The van der Waals surface area contributed by atoms with Crippen LogP contribution in [0.15, 0.2) is 59.7 Å². The Labute approximate surface area is 167 Å². The van der Waals surface area contributed by atoms with Gasteiger partial charge in [0.25, 0.3) is 0 Å². The molecule has 0 radical (unpaired) electrons. The van der Waals surface area contributed by atoms with Crippen molar-refractivity contribution in [2.45, 2.75) is 20.0 Å². The maximum atomic E-state index is 12.9. The van der Waals surface area contributed by atoms with Crippen molar-refractivity contribution in [3.63, 3.8) is 0 Å². The first kappa shape index (κ1) is 17.2. The summed E-state index contributed by atoms with van der Waals surface area (Å²) in [5.74, 6) is 1.79. The lowest BCUT2D eigenvalue weighted by Crippen LogP contribution is -2.32. The summed E-state index contributed by atoms with van der Waals surface area (Å²) >= 11 is 1.58. The highest BCUT2D eigenvalue weighted by atomic mass is 32.1. The van der Waals surface area contributed by atoms with Crippen LogP contribution in [0, 0.1) is 6.92 Å². The number of thiophene rings is 1. The third-order valence-electron chi connectivity index (χ3n) is 5.07. The Kier molecular flexibility index (Phi) is 4.26. The Morgan fingerprint density at radius 3 is 2.79 bits per heavy atom. The number of benzene rings is 2. The average molecular weight is 389 g/mol. The molecule has 4 nitrogen and oxygen atoms in total. The van der Waals surface area contributed by atoms with Gasteiger partial charge in [0.15, 0.2) is 5.76 Å². The summed E-state index contributed by atoms with van der Waals surface area (Å²) in [5.41, 5.74) is 3.81. The van der Waals surface area contributed by atoms with Crippen molar-refractivity contribution in [1.82, 2.24) is 4.90 Å². The van der Waals surface area contributed by atoms with Gasteiger partial charge in [0, 0.05) is 35.2 Å². The Morgan fingerprint density at radius 1 is 1.14 bits per heavy atom. The fourth-order valence-electron chi connectivity index (χ4n) is 3.74. The third kappa shape index (κ3) is 3.03. The summed E-state index contributed by atoms with van der Waals surface area (Å²) in [7, 11) is 0. The summed E-state index contributed by atoms with van der Waals surface area (Å²) in [6.45, 7) is 4.04. The van der Waals surface area contributed by atoms with Crippen LogP contribution in [0.2, 0.25) is 0 Å². The molecule has 0 aliphatic carbocycles. The fraction of sp³-hybridized carbons (Fsp3) is 0.174. The molecule has 0 saturated heterocycles. The second kappa shape index (κ2) is 6.93. The molecule has 0 saturated carbocycles. The number of nitrogens with zero attached hydrogens (tertiary/aromatic N) is 1. The number of fused-ring (bicyclic) bond motifs is 2. The van der Waals surface area contributed by atoms with Crippen LogP contribution in [0.4, 0.5) is 0 Å². The minimum atomic E-state index is -0.0607. The zero-order valence-electron chi connectivity index (χ0n) is 15.5. The zero-order valence-corrected chi connectivity index (χ0v) is 16.3. The van der Waals surface area contributed by atoms with Crippen molar-refractivity contribution in [3.05, 3.63) is 86.8 Å². The first-order valence-electron chi connectivity index (χ1n) is 9.22. The van der Waals surface area contributed by atoms with Crippen LogP contribution in [-0.4, -0.2) is 17.4 Å². The van der Waals surface area contributed by atoms with E-state index in [1.165, 1.54) is 5.56 Å². The first-order valence-corrected chi connectivity index (χ1v) is 10.1. The lowest BCUT2D eigenvalue weighted by molar-refractivity contribution is 0.0876. The van der Waals surface area contributed by atoms with Crippen LogP contribution < -0.4 is 9.47 Å². The van der Waals surface area contributed by atoms with E-state index >= 15 is 0 Å². The largest absolute Gasteiger partial charge is 0.477 e. The summed E-state index contributed by atoms with van der Waals surface area (Å²) in [6, 6.07) is 16.2. The van der Waals surface area contributed by atoms with Gasteiger partial charge in [-0.15, -0.1) is 11.3 Å². The summed E-state index contributed by atoms with van der Waals surface area (Å²) < 4.78 is 12.0. The van der Waals surface area contributed by atoms with Crippen molar-refractivity contribution in [2.24, 2.45) is 0 Å². The number of rotatable bonds is 3. The minimum absolute atomic E-state index is 0.0607. The number of ether oxygens (including phenoxy) is 2. The van der Waals surface area contributed by atoms with Crippen LogP contribution in [0.3, 0.4) is 0 Å². The fourth-order valence-corrected chi connectivity index (χ4v) is 4.39. The van der Waals surface area contributed by atoms with Crippen LogP contribution in [0.1, 0.15) is 31.9 Å². The molecule has 140 valence electrons. The normalized spacial score (nSPS) is 17.2. The van der Waals surface area contributed by atoms with Crippen molar-refractivity contribution >= 4 is 23.2 Å². The van der Waals surface area contributed by atoms with Crippen LogP contribution >= 0.6 is 11.3 Å². The second-order valence-electron chi connectivity index (χ2n) is 7.07. The van der Waals surface area contributed by atoms with Gasteiger partial charge in [-0.05, 0) is 30.0 Å². The number of Topliss-reactive ketones (excluding diaryl/α,β-unsaturated/α-hetero) is 1. The highest BCUT2D eigenvalue weighted by molar-refractivity contribution is 7.10. The molecule has 2 aliphatic heterocycles. The Hall–Kier alpha value is -2.89. The minimum Gasteiger partial charge on any atom is -0.477 e. The van der Waals surface area contributed by atoms with Gasteiger partial charge in [-0.1, -0.05) is 36.4 Å². The van der Waals surface area contributed by atoms with Gasteiger partial charge in [-0.25, -0.2) is 0 Å². The molecule has 5 rings (SSSR count). The van der Waals surface area contributed by atoms with Crippen LogP contribution in [0.25, 0.3) is 6.08 Å². The number of carbonyl (C=O) groups is 1. The number of hydrogen-bond donors (Lipinski definition) is 0. The molecule has 2 aromatic carbocycles. The molecule has 0 unspecified atom stereocenters. The van der Waals surface area contributed by atoms with E-state index in [2.05, 4.69) is 17.0 Å². The van der Waals surface area contributed by atoms with Crippen LogP contribution in [-0.2, 0) is 13.1 Å². The molecule has 0 spiro atoms. The van der Waals surface area contributed by atoms with Gasteiger partial charge in [-0.2, -0.15) is 0 Å². The van der Waals surface area contributed by atoms with Gasteiger partial charge < -0.3 is 9.47 Å². The van der Waals surface area contributed by atoms with Crippen LogP contribution in [0.5, 0.6) is 11.5 Å². The third-order valence-corrected chi connectivity index (χ3v) is 5.89. The van der Waals surface area contributed by atoms with E-state index in [-0.39, 0.29) is 5.78 Å². The lowest BCUT2D eigenvalue weighted by atomic mass is 10.00. The molecule has 2 aliphatic rings. The first-order chi connectivity index (χ1) is 13.7.